The summed E-state index contributed by atoms with van der Waals surface area (Å²) in [7, 11) is 0. The monoisotopic (exact) mass is 495 g/mol. The van der Waals surface area contributed by atoms with Crippen molar-refractivity contribution < 1.29 is 88.2 Å². The van der Waals surface area contributed by atoms with E-state index < -0.39 is 40.1 Å². The topological polar surface area (TPSA) is 241 Å². The molecule has 0 bridgehead atoms. The minimum atomic E-state index is -5.62. The Morgan fingerprint density at radius 2 is 0.412 bits per heavy atom. The molecule has 0 aromatic carbocycles. The van der Waals surface area contributed by atoms with E-state index in [-0.39, 0.29) is 39.6 Å². The number of hydrogen-bond donors (Lipinski definition) is 0. The van der Waals surface area contributed by atoms with Crippen molar-refractivity contribution in [3.63, 3.8) is 0 Å². The van der Waals surface area contributed by atoms with Crippen LogP contribution >= 0.6 is 0 Å². The van der Waals surface area contributed by atoms with Gasteiger partial charge in [0.25, 0.3) is 0 Å². The van der Waals surface area contributed by atoms with Gasteiger partial charge in [-0.1, -0.05) is 0 Å². The molecule has 0 spiro atoms. The van der Waals surface area contributed by atoms with Crippen molar-refractivity contribution in [2.45, 2.75) is 0 Å². The van der Waals surface area contributed by atoms with Crippen LogP contribution < -0.4 is 25.1 Å². The summed E-state index contributed by atoms with van der Waals surface area (Å²) in [6.45, 7) is 0. The number of rotatable bonds is 0. The predicted molar refractivity (Wildman–Crippen MR) is 15.6 cm³/mol. The van der Waals surface area contributed by atoms with E-state index in [1.807, 2.05) is 0 Å². The summed E-state index contributed by atoms with van der Waals surface area (Å²) in [6, 6.07) is 0. The molecule has 0 radical (unpaired) electrons. The molecular weight excluding hydrogens is 496 g/mol. The first-order valence-corrected chi connectivity index (χ1v) is 7.63. The second-order valence-corrected chi connectivity index (χ2v) is 4.68. The van der Waals surface area contributed by atoms with E-state index in [9.17, 15) is 0 Å². The van der Waals surface area contributed by atoms with Crippen molar-refractivity contribution in [3.05, 3.63) is 0 Å². The van der Waals surface area contributed by atoms with Crippen molar-refractivity contribution in [3.8, 4) is 0 Å². The van der Waals surface area contributed by atoms with E-state index in [2.05, 4.69) is 0 Å². The fourth-order valence-corrected chi connectivity index (χ4v) is 0. The summed E-state index contributed by atoms with van der Waals surface area (Å²) in [6.07, 6.45) is 0. The van der Waals surface area contributed by atoms with Crippen molar-refractivity contribution >= 4 is 39.6 Å². The van der Waals surface area contributed by atoms with Crippen molar-refractivity contribution in [1.82, 2.24) is 0 Å². The fraction of sp³-hybridized carbons (Fsp3) is 0. The Labute approximate surface area is 127 Å². The fourth-order valence-electron chi connectivity index (χ4n) is 0. The van der Waals surface area contributed by atoms with Crippen LogP contribution in [0.5, 0.6) is 0 Å². The molecule has 17 heavy (non-hydrogen) atoms. The zero-order chi connectivity index (χ0) is 13.5. The summed E-state index contributed by atoms with van der Waals surface area (Å²) < 4.78 is 103. The van der Waals surface area contributed by atoms with Gasteiger partial charge in [-0.15, -0.1) is 0 Å². The molecule has 0 amide bonds. The molecule has 0 fully saturated rings. The summed E-state index contributed by atoms with van der Waals surface area (Å²) in [5.41, 5.74) is 0. The summed E-state index contributed by atoms with van der Waals surface area (Å²) >= 11 is -16.9. The zero-order valence-electron chi connectivity index (χ0n) is 7.19. The first-order chi connectivity index (χ1) is 6.00. The van der Waals surface area contributed by atoms with Crippen LogP contribution in [0.1, 0.15) is 0 Å². The van der Waals surface area contributed by atoms with E-state index in [0.29, 0.717) is 0 Å². The SMILES string of the molecule is [Ga+3].[Ga+3].[O]=[Mn](=[O])([O-])[O-].[O]=[Mn](=[O])([O-])[O-].[O]=[Mn](=[O])([O-])[O-]. The molecule has 0 rings (SSSR count). The van der Waals surface area contributed by atoms with E-state index in [1.54, 1.807) is 0 Å². The van der Waals surface area contributed by atoms with Gasteiger partial charge in [-0.2, -0.15) is 0 Å². The van der Waals surface area contributed by atoms with Gasteiger partial charge in [0.2, 0.25) is 0 Å². The van der Waals surface area contributed by atoms with Crippen LogP contribution in [0.25, 0.3) is 0 Å². The molecule has 0 saturated carbocycles. The molecule has 0 aromatic heterocycles. The van der Waals surface area contributed by atoms with Gasteiger partial charge in [0, 0.05) is 0 Å². The van der Waals surface area contributed by atoms with E-state index in [0.717, 1.165) is 0 Å². The maximum atomic E-state index is 8.58. The summed E-state index contributed by atoms with van der Waals surface area (Å²) in [5.74, 6) is 0. The Bertz CT molecular complexity index is 341. The average molecular weight is 496 g/mol. The van der Waals surface area contributed by atoms with Gasteiger partial charge in [0.1, 0.15) is 0 Å². The first-order valence-electron chi connectivity index (χ1n) is 1.85. The van der Waals surface area contributed by atoms with Crippen LogP contribution in [-0.4, -0.2) is 39.6 Å². The third-order valence-corrected chi connectivity index (χ3v) is 0. The molecule has 0 atom stereocenters. The van der Waals surface area contributed by atoms with Crippen LogP contribution in [0, 0.1) is 0 Å². The van der Waals surface area contributed by atoms with Crippen LogP contribution in [-0.2, 0) is 63.1 Å². The zero-order valence-corrected chi connectivity index (χ0v) is 15.6. The number of hydrogen-bond acceptors (Lipinski definition) is 12. The Balaban J connectivity index is -0.0000000400. The molecule has 0 aliphatic heterocycles. The molecular formula is Ga2Mn3O12. The Hall–Kier alpha value is 1.39. The third-order valence-electron chi connectivity index (χ3n) is 0. The van der Waals surface area contributed by atoms with Crippen molar-refractivity contribution in [2.24, 2.45) is 0 Å². The maximum absolute atomic E-state index is 8.58. The van der Waals surface area contributed by atoms with Crippen LogP contribution in [0.3, 0.4) is 0 Å². The second kappa shape index (κ2) is 12.4. The Morgan fingerprint density at radius 1 is 0.412 bits per heavy atom. The van der Waals surface area contributed by atoms with Gasteiger partial charge in [-0.3, -0.25) is 0 Å². The molecule has 0 heterocycles. The summed E-state index contributed by atoms with van der Waals surface area (Å²) in [4.78, 5) is 0. The van der Waals surface area contributed by atoms with Crippen molar-refractivity contribution in [2.75, 3.05) is 0 Å². The molecule has 0 saturated heterocycles. The predicted octanol–water partition coefficient (Wildman–Crippen LogP) is -8.62. The van der Waals surface area contributed by atoms with Crippen LogP contribution in [0.2, 0.25) is 0 Å². The normalized spacial score (nSPS) is 10.2. The van der Waals surface area contributed by atoms with Gasteiger partial charge in [0.05, 0.1) is 0 Å². The van der Waals surface area contributed by atoms with E-state index >= 15 is 0 Å². The quantitative estimate of drug-likeness (QED) is 0.284. The van der Waals surface area contributed by atoms with Crippen LogP contribution in [0.15, 0.2) is 0 Å². The van der Waals surface area contributed by atoms with Gasteiger partial charge >= 0.3 is 128 Å². The van der Waals surface area contributed by atoms with Gasteiger partial charge in [0.15, 0.2) is 0 Å². The van der Waals surface area contributed by atoms with Gasteiger partial charge < -0.3 is 0 Å². The average Bonchev–Trinajstić information content (AvgIpc) is 1.41. The van der Waals surface area contributed by atoms with Crippen LogP contribution in [0.4, 0.5) is 0 Å². The standard InChI is InChI=1S/2Ga.3Mn.12O/q2*+3;;;;;;;;;;6*-1. The van der Waals surface area contributed by atoms with E-state index in [1.165, 1.54) is 0 Å². The molecule has 0 aliphatic carbocycles. The molecule has 0 aliphatic rings. The molecule has 0 aromatic rings. The molecule has 12 nitrogen and oxygen atoms in total. The second-order valence-electron chi connectivity index (χ2n) is 1.13. The first kappa shape index (κ1) is 31.0. The summed E-state index contributed by atoms with van der Waals surface area (Å²) in [5, 5.41) is 0. The molecule has 99 valence electrons. The van der Waals surface area contributed by atoms with Crippen molar-refractivity contribution in [1.29, 1.82) is 0 Å². The Kier molecular flexibility index (Phi) is 22.7. The van der Waals surface area contributed by atoms with Gasteiger partial charge in [-0.25, -0.2) is 0 Å². The molecule has 0 N–H and O–H groups in total. The Morgan fingerprint density at radius 3 is 0.412 bits per heavy atom. The van der Waals surface area contributed by atoms with E-state index in [4.69, 9.17) is 48.1 Å². The minimum absolute atomic E-state index is 0. The molecule has 0 unspecified atom stereocenters. The third kappa shape index (κ3) is 2130. The molecule has 17 heteroatoms. The van der Waals surface area contributed by atoms with Gasteiger partial charge in [-0.05, 0) is 0 Å².